The topological polar surface area (TPSA) is 98.7 Å². The maximum atomic E-state index is 13.8. The number of carbonyl (C=O) groups excluding carboxylic acids is 2. The van der Waals surface area contributed by atoms with Gasteiger partial charge in [0, 0.05) is 11.1 Å². The Bertz CT molecular complexity index is 779. The zero-order chi connectivity index (χ0) is 18.6. The number of amides is 2. The molecule has 25 heavy (non-hydrogen) atoms. The summed E-state index contributed by atoms with van der Waals surface area (Å²) in [6.45, 7) is 1.27. The third-order valence-corrected chi connectivity index (χ3v) is 3.55. The van der Waals surface area contributed by atoms with Crippen molar-refractivity contribution in [3.05, 3.63) is 59.7 Å². The lowest BCUT2D eigenvalue weighted by molar-refractivity contribution is -0.133. The molecule has 2 aromatic carbocycles. The summed E-state index contributed by atoms with van der Waals surface area (Å²) in [5, 5.41) is 20.4. The molecule has 0 fully saturated rings. The normalized spacial score (nSPS) is 13.0. The zero-order valence-electron chi connectivity index (χ0n) is 13.2. The van der Waals surface area contributed by atoms with Gasteiger partial charge in [-0.15, -0.1) is 0 Å². The Labute approximate surface area is 142 Å². The van der Waals surface area contributed by atoms with E-state index in [-0.39, 0.29) is 11.1 Å². The first-order chi connectivity index (χ1) is 11.8. The van der Waals surface area contributed by atoms with E-state index in [4.69, 9.17) is 5.21 Å². The first-order valence-electron chi connectivity index (χ1n) is 7.32. The van der Waals surface area contributed by atoms with E-state index in [0.29, 0.717) is 5.56 Å². The summed E-state index contributed by atoms with van der Waals surface area (Å²) >= 11 is 0. The molecule has 0 aliphatic carbocycles. The number of halogens is 2. The zero-order valence-corrected chi connectivity index (χ0v) is 13.2. The second kappa shape index (κ2) is 7.82. The Morgan fingerprint density at radius 2 is 1.72 bits per heavy atom. The van der Waals surface area contributed by atoms with Crippen molar-refractivity contribution in [2.24, 2.45) is 0 Å². The van der Waals surface area contributed by atoms with Crippen LogP contribution in [0.3, 0.4) is 0 Å². The van der Waals surface area contributed by atoms with E-state index < -0.39 is 35.6 Å². The minimum absolute atomic E-state index is 0.0495. The molecule has 2 amide bonds. The van der Waals surface area contributed by atoms with Crippen LogP contribution in [-0.2, 0) is 4.79 Å². The van der Waals surface area contributed by atoms with Crippen molar-refractivity contribution in [1.29, 1.82) is 0 Å². The third-order valence-electron chi connectivity index (χ3n) is 3.55. The molecule has 132 valence electrons. The molecule has 2 rings (SSSR count). The maximum absolute atomic E-state index is 13.8. The van der Waals surface area contributed by atoms with E-state index in [1.807, 2.05) is 0 Å². The van der Waals surface area contributed by atoms with Gasteiger partial charge in [0.15, 0.2) is 0 Å². The molecule has 0 aliphatic rings. The monoisotopic (exact) mass is 350 g/mol. The number of carbonyl (C=O) groups is 2. The second-order valence-corrected chi connectivity index (χ2v) is 5.37. The van der Waals surface area contributed by atoms with Gasteiger partial charge in [-0.2, -0.15) is 0 Å². The number of aliphatic hydroxyl groups is 1. The molecule has 0 bridgehead atoms. The van der Waals surface area contributed by atoms with Crippen molar-refractivity contribution in [3.63, 3.8) is 0 Å². The van der Waals surface area contributed by atoms with Gasteiger partial charge in [0.25, 0.3) is 11.8 Å². The SMILES string of the molecule is C[C@@H](O)[C@H](NC(=O)c1ccc(-c2cc(F)ccc2F)cc1)C(=O)NO. The van der Waals surface area contributed by atoms with E-state index in [1.54, 1.807) is 0 Å². The Balaban J connectivity index is 2.20. The van der Waals surface area contributed by atoms with E-state index >= 15 is 0 Å². The number of benzene rings is 2. The lowest BCUT2D eigenvalue weighted by Gasteiger charge is -2.19. The van der Waals surface area contributed by atoms with Gasteiger partial charge in [0.2, 0.25) is 0 Å². The van der Waals surface area contributed by atoms with Gasteiger partial charge >= 0.3 is 0 Å². The molecule has 6 nitrogen and oxygen atoms in total. The average Bonchev–Trinajstić information content (AvgIpc) is 2.60. The van der Waals surface area contributed by atoms with Crippen LogP contribution in [0.4, 0.5) is 8.78 Å². The average molecular weight is 350 g/mol. The highest BCUT2D eigenvalue weighted by atomic mass is 19.1. The van der Waals surface area contributed by atoms with Gasteiger partial charge < -0.3 is 10.4 Å². The van der Waals surface area contributed by atoms with Crippen molar-refractivity contribution in [3.8, 4) is 11.1 Å². The van der Waals surface area contributed by atoms with Gasteiger partial charge in [-0.05, 0) is 42.8 Å². The fourth-order valence-corrected chi connectivity index (χ4v) is 2.22. The van der Waals surface area contributed by atoms with Gasteiger partial charge in [-0.3, -0.25) is 14.8 Å². The summed E-state index contributed by atoms with van der Waals surface area (Å²) in [7, 11) is 0. The van der Waals surface area contributed by atoms with Crippen molar-refractivity contribution < 1.29 is 28.7 Å². The molecule has 0 aliphatic heterocycles. The molecule has 4 N–H and O–H groups in total. The van der Waals surface area contributed by atoms with Crippen LogP contribution >= 0.6 is 0 Å². The Morgan fingerprint density at radius 1 is 1.08 bits per heavy atom. The predicted molar refractivity (Wildman–Crippen MR) is 84.7 cm³/mol. The number of hydrogen-bond acceptors (Lipinski definition) is 4. The summed E-state index contributed by atoms with van der Waals surface area (Å²) in [6.07, 6.45) is -1.24. The first kappa shape index (κ1) is 18.5. The number of aliphatic hydroxyl groups excluding tert-OH is 1. The number of hydroxylamine groups is 1. The third kappa shape index (κ3) is 4.37. The molecule has 0 saturated heterocycles. The standard InChI is InChI=1S/C17H16F2N2O4/c1-9(22)15(17(24)21-25)20-16(23)11-4-2-10(3-5-11)13-8-12(18)6-7-14(13)19/h2-9,15,22,25H,1H3,(H,20,23)(H,21,24)/t9-,15+/m1/s1. The van der Waals surface area contributed by atoms with Crippen LogP contribution in [0.2, 0.25) is 0 Å². The van der Waals surface area contributed by atoms with E-state index in [9.17, 15) is 23.5 Å². The largest absolute Gasteiger partial charge is 0.391 e. The van der Waals surface area contributed by atoms with Crippen LogP contribution in [0.15, 0.2) is 42.5 Å². The van der Waals surface area contributed by atoms with E-state index in [1.165, 1.54) is 36.7 Å². The summed E-state index contributed by atoms with van der Waals surface area (Å²) < 4.78 is 27.0. The highest BCUT2D eigenvalue weighted by Gasteiger charge is 2.25. The van der Waals surface area contributed by atoms with Crippen LogP contribution in [0.5, 0.6) is 0 Å². The minimum atomic E-state index is -1.35. The molecule has 0 saturated carbocycles. The molecular weight excluding hydrogens is 334 g/mol. The lowest BCUT2D eigenvalue weighted by Crippen LogP contribution is -2.51. The molecule has 8 heteroatoms. The fourth-order valence-electron chi connectivity index (χ4n) is 2.22. The number of nitrogens with one attached hydrogen (secondary N) is 2. The quantitative estimate of drug-likeness (QED) is 0.486. The molecule has 0 heterocycles. The van der Waals surface area contributed by atoms with Crippen LogP contribution in [0.25, 0.3) is 11.1 Å². The van der Waals surface area contributed by atoms with E-state index in [0.717, 1.165) is 18.2 Å². The van der Waals surface area contributed by atoms with Crippen LogP contribution in [0.1, 0.15) is 17.3 Å². The van der Waals surface area contributed by atoms with Crippen molar-refractivity contribution >= 4 is 11.8 Å². The first-order valence-corrected chi connectivity index (χ1v) is 7.32. The van der Waals surface area contributed by atoms with Gasteiger partial charge in [-0.1, -0.05) is 12.1 Å². The summed E-state index contributed by atoms with van der Waals surface area (Å²) in [5.41, 5.74) is 1.91. The van der Waals surface area contributed by atoms with Gasteiger partial charge in [0.05, 0.1) is 6.10 Å². The van der Waals surface area contributed by atoms with Gasteiger partial charge in [-0.25, -0.2) is 14.3 Å². The van der Waals surface area contributed by atoms with Crippen LogP contribution in [-0.4, -0.2) is 34.3 Å². The Kier molecular flexibility index (Phi) is 5.79. The molecule has 0 radical (unpaired) electrons. The Hall–Kier alpha value is -2.84. The molecule has 0 unspecified atom stereocenters. The predicted octanol–water partition coefficient (Wildman–Crippen LogP) is 1.62. The van der Waals surface area contributed by atoms with Crippen molar-refractivity contribution in [2.75, 3.05) is 0 Å². The highest BCUT2D eigenvalue weighted by Crippen LogP contribution is 2.24. The van der Waals surface area contributed by atoms with Crippen molar-refractivity contribution in [1.82, 2.24) is 10.8 Å². The van der Waals surface area contributed by atoms with Crippen LogP contribution < -0.4 is 10.8 Å². The number of hydrogen-bond donors (Lipinski definition) is 4. The van der Waals surface area contributed by atoms with Crippen molar-refractivity contribution in [2.45, 2.75) is 19.1 Å². The van der Waals surface area contributed by atoms with E-state index in [2.05, 4.69) is 5.32 Å². The van der Waals surface area contributed by atoms with Crippen LogP contribution in [0, 0.1) is 11.6 Å². The minimum Gasteiger partial charge on any atom is -0.391 e. The molecule has 0 spiro atoms. The maximum Gasteiger partial charge on any atom is 0.268 e. The molecule has 0 aromatic heterocycles. The highest BCUT2D eigenvalue weighted by molar-refractivity contribution is 5.97. The second-order valence-electron chi connectivity index (χ2n) is 5.37. The fraction of sp³-hybridized carbons (Fsp3) is 0.176. The molecular formula is C17H16F2N2O4. The lowest BCUT2D eigenvalue weighted by atomic mass is 10.0. The summed E-state index contributed by atoms with van der Waals surface area (Å²) in [6, 6.07) is 7.29. The molecule has 2 atom stereocenters. The number of rotatable bonds is 5. The summed E-state index contributed by atoms with van der Waals surface area (Å²) in [5.74, 6) is -2.84. The van der Waals surface area contributed by atoms with Gasteiger partial charge in [0.1, 0.15) is 17.7 Å². The Morgan fingerprint density at radius 3 is 2.28 bits per heavy atom. The molecule has 2 aromatic rings. The smallest absolute Gasteiger partial charge is 0.268 e. The summed E-state index contributed by atoms with van der Waals surface area (Å²) in [4.78, 5) is 23.5.